The van der Waals surface area contributed by atoms with Crippen molar-refractivity contribution in [2.75, 3.05) is 10.6 Å². The van der Waals surface area contributed by atoms with E-state index >= 15 is 0 Å². The van der Waals surface area contributed by atoms with Crippen molar-refractivity contribution in [3.05, 3.63) is 35.0 Å². The van der Waals surface area contributed by atoms with Crippen molar-refractivity contribution in [3.63, 3.8) is 0 Å². The SMILES string of the molecule is CCC(C)Nc1cnnc(Nc2ccc(Cl)cc2C(F)(F)F)n1. The van der Waals surface area contributed by atoms with Gasteiger partial charge < -0.3 is 10.6 Å². The molecule has 0 saturated heterocycles. The molecule has 0 aliphatic rings. The van der Waals surface area contributed by atoms with Crippen molar-refractivity contribution in [3.8, 4) is 0 Å². The van der Waals surface area contributed by atoms with E-state index in [1.165, 1.54) is 18.3 Å². The van der Waals surface area contributed by atoms with Crippen LogP contribution in [0.3, 0.4) is 0 Å². The lowest BCUT2D eigenvalue weighted by Gasteiger charge is -2.15. The number of anilines is 3. The largest absolute Gasteiger partial charge is 0.418 e. The molecule has 9 heteroatoms. The van der Waals surface area contributed by atoms with Crippen LogP contribution in [0.5, 0.6) is 0 Å². The summed E-state index contributed by atoms with van der Waals surface area (Å²) in [5.41, 5.74) is -1.08. The van der Waals surface area contributed by atoms with E-state index in [9.17, 15) is 13.2 Å². The molecule has 2 N–H and O–H groups in total. The van der Waals surface area contributed by atoms with Crippen molar-refractivity contribution < 1.29 is 13.2 Å². The van der Waals surface area contributed by atoms with Gasteiger partial charge in [-0.15, -0.1) is 5.10 Å². The van der Waals surface area contributed by atoms with Crippen molar-refractivity contribution in [1.82, 2.24) is 15.2 Å². The molecule has 0 fully saturated rings. The Hall–Kier alpha value is -2.09. The van der Waals surface area contributed by atoms with Crippen LogP contribution in [0, 0.1) is 0 Å². The van der Waals surface area contributed by atoms with Crippen LogP contribution in [0.4, 0.5) is 30.6 Å². The fraction of sp³-hybridized carbons (Fsp3) is 0.357. The molecule has 0 aliphatic carbocycles. The molecule has 1 unspecified atom stereocenters. The molecule has 23 heavy (non-hydrogen) atoms. The van der Waals surface area contributed by atoms with E-state index in [0.29, 0.717) is 5.82 Å². The second kappa shape index (κ2) is 6.99. The van der Waals surface area contributed by atoms with E-state index in [1.807, 2.05) is 13.8 Å². The Bertz CT molecular complexity index is 678. The topological polar surface area (TPSA) is 62.7 Å². The molecule has 5 nitrogen and oxygen atoms in total. The number of nitrogens with zero attached hydrogens (tertiary/aromatic N) is 3. The van der Waals surface area contributed by atoms with Crippen LogP contribution in [-0.2, 0) is 6.18 Å². The quantitative estimate of drug-likeness (QED) is 0.835. The maximum absolute atomic E-state index is 13.1. The molecule has 2 rings (SSSR count). The van der Waals surface area contributed by atoms with Gasteiger partial charge in [-0.1, -0.05) is 18.5 Å². The Morgan fingerprint density at radius 2 is 2.04 bits per heavy atom. The van der Waals surface area contributed by atoms with Gasteiger partial charge in [0.2, 0.25) is 5.95 Å². The first kappa shape index (κ1) is 17.3. The molecule has 0 bridgehead atoms. The summed E-state index contributed by atoms with van der Waals surface area (Å²) in [4.78, 5) is 4.11. The predicted octanol–water partition coefficient (Wildman–Crippen LogP) is 4.50. The Balaban J connectivity index is 2.28. The Morgan fingerprint density at radius 1 is 1.30 bits per heavy atom. The number of rotatable bonds is 5. The summed E-state index contributed by atoms with van der Waals surface area (Å²) in [5.74, 6) is 0.394. The zero-order valence-corrected chi connectivity index (χ0v) is 13.2. The molecule has 1 heterocycles. The molecule has 0 spiro atoms. The molecule has 0 aliphatic heterocycles. The van der Waals surface area contributed by atoms with E-state index in [4.69, 9.17) is 11.6 Å². The fourth-order valence-corrected chi connectivity index (χ4v) is 1.93. The van der Waals surface area contributed by atoms with Gasteiger partial charge in [-0.2, -0.15) is 23.3 Å². The maximum atomic E-state index is 13.1. The standard InChI is InChI=1S/C14H15ClF3N5/c1-3-8(2)20-12-7-19-23-13(22-12)21-11-5-4-9(15)6-10(11)14(16,17)18/h4-8H,3H2,1-2H3,(H2,20,21,22,23). The Kier molecular flexibility index (Phi) is 5.25. The number of nitrogens with one attached hydrogen (secondary N) is 2. The Morgan fingerprint density at radius 3 is 2.70 bits per heavy atom. The van der Waals surface area contributed by atoms with Gasteiger partial charge >= 0.3 is 6.18 Å². The first-order valence-corrected chi connectivity index (χ1v) is 7.27. The van der Waals surface area contributed by atoms with Crippen LogP contribution >= 0.6 is 11.6 Å². The summed E-state index contributed by atoms with van der Waals surface area (Å²) >= 11 is 5.64. The number of hydrogen-bond acceptors (Lipinski definition) is 5. The zero-order valence-electron chi connectivity index (χ0n) is 12.4. The molecule has 1 atom stereocenters. The smallest absolute Gasteiger partial charge is 0.366 e. The van der Waals surface area contributed by atoms with Gasteiger partial charge in [-0.25, -0.2) is 0 Å². The third kappa shape index (κ3) is 4.69. The number of benzene rings is 1. The lowest BCUT2D eigenvalue weighted by molar-refractivity contribution is -0.136. The molecule has 0 radical (unpaired) electrons. The molecular formula is C14H15ClF3N5. The second-order valence-corrected chi connectivity index (χ2v) is 5.37. The van der Waals surface area contributed by atoms with Crippen LogP contribution in [0.15, 0.2) is 24.4 Å². The summed E-state index contributed by atoms with van der Waals surface area (Å²) in [5, 5.41) is 13.0. The average molecular weight is 346 g/mol. The van der Waals surface area contributed by atoms with Crippen LogP contribution in [0.1, 0.15) is 25.8 Å². The lowest BCUT2D eigenvalue weighted by Crippen LogP contribution is -2.16. The highest BCUT2D eigenvalue weighted by atomic mass is 35.5. The Labute approximate surface area is 136 Å². The molecule has 2 aromatic rings. The molecular weight excluding hydrogens is 331 g/mol. The second-order valence-electron chi connectivity index (χ2n) is 4.93. The summed E-state index contributed by atoms with van der Waals surface area (Å²) < 4.78 is 39.2. The molecule has 0 amide bonds. The third-order valence-electron chi connectivity index (χ3n) is 3.10. The number of aromatic nitrogens is 3. The molecule has 124 valence electrons. The van der Waals surface area contributed by atoms with Crippen LogP contribution in [0.25, 0.3) is 0 Å². The summed E-state index contributed by atoms with van der Waals surface area (Å²) in [7, 11) is 0. The van der Waals surface area contributed by atoms with Gasteiger partial charge in [-0.05, 0) is 31.5 Å². The van der Waals surface area contributed by atoms with Gasteiger partial charge in [-0.3, -0.25) is 0 Å². The summed E-state index contributed by atoms with van der Waals surface area (Å²) in [6.45, 7) is 3.95. The van der Waals surface area contributed by atoms with Crippen molar-refractivity contribution >= 4 is 29.1 Å². The number of hydrogen-bond donors (Lipinski definition) is 2. The molecule has 1 aromatic carbocycles. The average Bonchev–Trinajstić information content (AvgIpc) is 2.48. The highest BCUT2D eigenvalue weighted by molar-refractivity contribution is 6.30. The van der Waals surface area contributed by atoms with Crippen molar-refractivity contribution in [1.29, 1.82) is 0 Å². The molecule has 1 aromatic heterocycles. The van der Waals surface area contributed by atoms with Crippen LogP contribution in [0.2, 0.25) is 5.02 Å². The van der Waals surface area contributed by atoms with Crippen LogP contribution in [-0.4, -0.2) is 21.2 Å². The fourth-order valence-electron chi connectivity index (χ4n) is 1.76. The minimum atomic E-state index is -4.55. The lowest BCUT2D eigenvalue weighted by atomic mass is 10.1. The van der Waals surface area contributed by atoms with Crippen molar-refractivity contribution in [2.45, 2.75) is 32.5 Å². The predicted molar refractivity (Wildman–Crippen MR) is 82.9 cm³/mol. The normalized spacial score (nSPS) is 12.8. The minimum absolute atomic E-state index is 0.00546. The van der Waals surface area contributed by atoms with Crippen molar-refractivity contribution in [2.24, 2.45) is 0 Å². The van der Waals surface area contributed by atoms with Crippen LogP contribution < -0.4 is 10.6 Å². The van der Waals surface area contributed by atoms with E-state index in [-0.39, 0.29) is 22.7 Å². The maximum Gasteiger partial charge on any atom is 0.418 e. The number of halogens is 4. The van der Waals surface area contributed by atoms with E-state index in [1.54, 1.807) is 0 Å². The molecule has 0 saturated carbocycles. The van der Waals surface area contributed by atoms with Gasteiger partial charge in [0, 0.05) is 11.1 Å². The monoisotopic (exact) mass is 345 g/mol. The third-order valence-corrected chi connectivity index (χ3v) is 3.33. The number of alkyl halides is 3. The summed E-state index contributed by atoms with van der Waals surface area (Å²) in [6, 6.07) is 3.58. The van der Waals surface area contributed by atoms with Gasteiger partial charge in [0.05, 0.1) is 17.4 Å². The minimum Gasteiger partial charge on any atom is -0.366 e. The van der Waals surface area contributed by atoms with Gasteiger partial charge in [0.1, 0.15) is 0 Å². The zero-order chi connectivity index (χ0) is 17.0. The highest BCUT2D eigenvalue weighted by Gasteiger charge is 2.34. The van der Waals surface area contributed by atoms with E-state index < -0.39 is 11.7 Å². The van der Waals surface area contributed by atoms with Gasteiger partial charge in [0.15, 0.2) is 5.82 Å². The first-order valence-electron chi connectivity index (χ1n) is 6.89. The van der Waals surface area contributed by atoms with E-state index in [0.717, 1.165) is 12.5 Å². The first-order chi connectivity index (χ1) is 10.8. The van der Waals surface area contributed by atoms with Gasteiger partial charge in [0.25, 0.3) is 0 Å². The van der Waals surface area contributed by atoms with E-state index in [2.05, 4.69) is 25.8 Å². The summed E-state index contributed by atoms with van der Waals surface area (Å²) in [6.07, 6.45) is -2.28. The highest BCUT2D eigenvalue weighted by Crippen LogP contribution is 2.37.